The predicted molar refractivity (Wildman–Crippen MR) is 84.7 cm³/mol. The molecule has 1 aromatic rings. The molecule has 25 heavy (non-hydrogen) atoms. The van der Waals surface area contributed by atoms with Crippen LogP contribution in [0.5, 0.6) is 11.5 Å². The van der Waals surface area contributed by atoms with E-state index in [0.29, 0.717) is 17.1 Å². The van der Waals surface area contributed by atoms with Gasteiger partial charge in [-0.2, -0.15) is 20.9 Å². The van der Waals surface area contributed by atoms with Crippen LogP contribution in [0.3, 0.4) is 0 Å². The number of hydrogen-bond acceptors (Lipinski definition) is 8. The fraction of sp³-hybridized carbons (Fsp3) is 0.312. The molecule has 2 unspecified atom stereocenters. The summed E-state index contributed by atoms with van der Waals surface area (Å²) in [4.78, 5) is 11.9. The Balaban J connectivity index is 2.64. The molecule has 4 N–H and O–H groups in total. The van der Waals surface area contributed by atoms with E-state index in [1.807, 2.05) is 0 Å². The number of carbonyl (C=O) groups excluding carboxylic acids is 1. The molecule has 1 saturated carbocycles. The summed E-state index contributed by atoms with van der Waals surface area (Å²) in [5.41, 5.74) is 1.75. The topological polar surface area (TPSA) is 171 Å². The smallest absolute Gasteiger partial charge is 0.241 e. The van der Waals surface area contributed by atoms with Crippen molar-refractivity contribution in [2.45, 2.75) is 0 Å². The van der Waals surface area contributed by atoms with Crippen molar-refractivity contribution in [1.29, 1.82) is 15.8 Å². The normalized spacial score (nSPS) is 23.5. The second-order valence-electron chi connectivity index (χ2n) is 5.33. The number of primary amides is 1. The third-order valence-corrected chi connectivity index (χ3v) is 4.41. The molecule has 0 saturated heterocycles. The summed E-state index contributed by atoms with van der Waals surface area (Å²) < 4.78 is 10.3. The van der Waals surface area contributed by atoms with Crippen LogP contribution in [-0.4, -0.2) is 25.8 Å². The lowest BCUT2D eigenvalue weighted by molar-refractivity contribution is -0.121. The zero-order chi connectivity index (χ0) is 18.8. The van der Waals surface area contributed by atoms with Crippen LogP contribution in [0.4, 0.5) is 0 Å². The number of ether oxygens (including phenoxy) is 2. The van der Waals surface area contributed by atoms with Crippen molar-refractivity contribution < 1.29 is 14.3 Å². The highest BCUT2D eigenvalue weighted by molar-refractivity contribution is 6.12. The Morgan fingerprint density at radius 2 is 1.76 bits per heavy atom. The van der Waals surface area contributed by atoms with E-state index in [-0.39, 0.29) is 5.71 Å². The van der Waals surface area contributed by atoms with Crippen molar-refractivity contribution in [3.63, 3.8) is 0 Å². The molecule has 126 valence electrons. The summed E-state index contributed by atoms with van der Waals surface area (Å²) in [6.45, 7) is 0. The zero-order valence-electron chi connectivity index (χ0n) is 13.5. The first-order chi connectivity index (χ1) is 11.9. The lowest BCUT2D eigenvalue weighted by Crippen LogP contribution is -2.30. The summed E-state index contributed by atoms with van der Waals surface area (Å²) in [5.74, 6) is 3.98. The van der Waals surface area contributed by atoms with E-state index in [1.54, 1.807) is 30.3 Å². The number of nitrogens with zero attached hydrogens (tertiary/aromatic N) is 4. The number of nitrogens with two attached hydrogens (primary N) is 2. The third kappa shape index (κ3) is 2.05. The van der Waals surface area contributed by atoms with E-state index in [9.17, 15) is 20.6 Å². The molecule has 0 spiro atoms. The van der Waals surface area contributed by atoms with Crippen LogP contribution in [0, 0.1) is 50.7 Å². The average Bonchev–Trinajstić information content (AvgIpc) is 3.25. The molecule has 9 heteroatoms. The van der Waals surface area contributed by atoms with Crippen LogP contribution in [0.25, 0.3) is 0 Å². The van der Waals surface area contributed by atoms with E-state index in [1.165, 1.54) is 20.3 Å². The lowest BCUT2D eigenvalue weighted by Gasteiger charge is -2.11. The Hall–Kier alpha value is -3.77. The monoisotopic (exact) mass is 338 g/mol. The summed E-state index contributed by atoms with van der Waals surface area (Å²) in [6, 6.07) is 9.84. The minimum Gasteiger partial charge on any atom is -0.493 e. The van der Waals surface area contributed by atoms with Gasteiger partial charge in [0.1, 0.15) is 0 Å². The van der Waals surface area contributed by atoms with Crippen LogP contribution in [0.2, 0.25) is 0 Å². The van der Waals surface area contributed by atoms with Crippen molar-refractivity contribution in [3.05, 3.63) is 23.8 Å². The minimum absolute atomic E-state index is 0.0319. The number of benzene rings is 1. The third-order valence-electron chi connectivity index (χ3n) is 4.41. The van der Waals surface area contributed by atoms with E-state index >= 15 is 0 Å². The van der Waals surface area contributed by atoms with Gasteiger partial charge in [-0.05, 0) is 18.2 Å². The maximum absolute atomic E-state index is 11.9. The molecule has 2 atom stereocenters. The van der Waals surface area contributed by atoms with Gasteiger partial charge in [-0.3, -0.25) is 4.79 Å². The van der Waals surface area contributed by atoms with Gasteiger partial charge < -0.3 is 21.1 Å². The van der Waals surface area contributed by atoms with Gasteiger partial charge >= 0.3 is 0 Å². The molecule has 0 bridgehead atoms. The van der Waals surface area contributed by atoms with Crippen LogP contribution in [0.15, 0.2) is 23.3 Å². The van der Waals surface area contributed by atoms with Gasteiger partial charge in [0.15, 0.2) is 22.3 Å². The Kier molecular flexibility index (Phi) is 4.24. The van der Waals surface area contributed by atoms with Crippen molar-refractivity contribution in [1.82, 2.24) is 0 Å². The molecule has 0 radical (unpaired) electrons. The number of hydrazone groups is 1. The molecule has 9 nitrogen and oxygen atoms in total. The van der Waals surface area contributed by atoms with Gasteiger partial charge in [0.2, 0.25) is 5.91 Å². The molecular formula is C16H14N6O3. The van der Waals surface area contributed by atoms with Crippen LogP contribution in [0.1, 0.15) is 5.56 Å². The Morgan fingerprint density at radius 1 is 1.16 bits per heavy atom. The van der Waals surface area contributed by atoms with Gasteiger partial charge in [0, 0.05) is 5.56 Å². The highest BCUT2D eigenvalue weighted by Crippen LogP contribution is 2.69. The molecule has 1 fully saturated rings. The van der Waals surface area contributed by atoms with E-state index < -0.39 is 22.7 Å². The Bertz CT molecular complexity index is 875. The Labute approximate surface area is 143 Å². The average molecular weight is 338 g/mol. The van der Waals surface area contributed by atoms with Crippen LogP contribution in [-0.2, 0) is 4.79 Å². The fourth-order valence-electron chi connectivity index (χ4n) is 3.07. The molecule has 1 aromatic carbocycles. The summed E-state index contributed by atoms with van der Waals surface area (Å²) in [7, 11) is 2.89. The maximum Gasteiger partial charge on any atom is 0.241 e. The molecule has 1 aliphatic rings. The predicted octanol–water partition coefficient (Wildman–Crippen LogP) is 0.0252. The number of amides is 1. The highest BCUT2D eigenvalue weighted by Gasteiger charge is 2.85. The standard InChI is InChI=1S/C16H14N6O3/c1-24-10-4-3-9(5-11(10)25-2)12(22-21)13-15(6-17,7-18)16(13,8-19)14(20)23/h3-5,13H,21H2,1-2H3,(H2,20,23)/b22-12+. The highest BCUT2D eigenvalue weighted by atomic mass is 16.5. The minimum atomic E-state index is -2.03. The zero-order valence-corrected chi connectivity index (χ0v) is 13.5. The van der Waals surface area contributed by atoms with Crippen molar-refractivity contribution in [2.24, 2.45) is 33.4 Å². The molecule has 0 heterocycles. The van der Waals surface area contributed by atoms with E-state index in [0.717, 1.165) is 0 Å². The first kappa shape index (κ1) is 17.6. The van der Waals surface area contributed by atoms with Gasteiger partial charge in [0.05, 0.1) is 44.1 Å². The number of methoxy groups -OCH3 is 2. The van der Waals surface area contributed by atoms with Gasteiger partial charge in [-0.15, -0.1) is 0 Å². The van der Waals surface area contributed by atoms with Crippen molar-refractivity contribution in [2.75, 3.05) is 14.2 Å². The summed E-state index contributed by atoms with van der Waals surface area (Å²) >= 11 is 0. The van der Waals surface area contributed by atoms with Crippen molar-refractivity contribution >= 4 is 11.6 Å². The Morgan fingerprint density at radius 3 is 2.12 bits per heavy atom. The van der Waals surface area contributed by atoms with Crippen molar-refractivity contribution in [3.8, 4) is 29.7 Å². The largest absolute Gasteiger partial charge is 0.493 e. The maximum atomic E-state index is 11.9. The SMILES string of the molecule is COc1ccc(/C(=N\N)C2C(C#N)(C#N)C2(C#N)C(N)=O)cc1OC. The number of nitriles is 3. The molecule has 0 aliphatic heterocycles. The quantitative estimate of drug-likeness (QED) is 0.432. The summed E-state index contributed by atoms with van der Waals surface area (Å²) in [6.07, 6.45) is 0. The summed E-state index contributed by atoms with van der Waals surface area (Å²) in [5, 5.41) is 32.0. The molecular weight excluding hydrogens is 324 g/mol. The molecule has 2 rings (SSSR count). The first-order valence-electron chi connectivity index (χ1n) is 6.97. The van der Waals surface area contributed by atoms with Crippen LogP contribution >= 0.6 is 0 Å². The lowest BCUT2D eigenvalue weighted by atomic mass is 9.96. The number of hydrogen-bond donors (Lipinski definition) is 2. The molecule has 0 aromatic heterocycles. The second kappa shape index (κ2) is 6.03. The van der Waals surface area contributed by atoms with E-state index in [4.69, 9.17) is 21.1 Å². The van der Waals surface area contributed by atoms with Crippen LogP contribution < -0.4 is 21.1 Å². The number of rotatable bonds is 5. The van der Waals surface area contributed by atoms with Gasteiger partial charge in [-0.25, -0.2) is 0 Å². The second-order valence-corrected chi connectivity index (χ2v) is 5.33. The van der Waals surface area contributed by atoms with E-state index in [2.05, 4.69) is 5.10 Å². The first-order valence-corrected chi connectivity index (χ1v) is 6.97. The van der Waals surface area contributed by atoms with Gasteiger partial charge in [0.25, 0.3) is 0 Å². The fourth-order valence-corrected chi connectivity index (χ4v) is 3.07. The van der Waals surface area contributed by atoms with Gasteiger partial charge in [-0.1, -0.05) is 0 Å². The molecule has 1 aliphatic carbocycles. The number of carbonyl (C=O) groups is 1. The molecule has 1 amide bonds.